The highest BCUT2D eigenvalue weighted by Crippen LogP contribution is 2.25. The van der Waals surface area contributed by atoms with Gasteiger partial charge in [-0.1, -0.05) is 0 Å². The molecule has 3 heteroatoms. The third kappa shape index (κ3) is 1.81. The van der Waals surface area contributed by atoms with Gasteiger partial charge in [0.1, 0.15) is 0 Å². The van der Waals surface area contributed by atoms with Crippen LogP contribution in [0.3, 0.4) is 0 Å². The summed E-state index contributed by atoms with van der Waals surface area (Å²) in [6.45, 7) is 1.30. The first kappa shape index (κ1) is 7.32. The quantitative estimate of drug-likeness (QED) is 0.560. The van der Waals surface area contributed by atoms with E-state index in [0.717, 1.165) is 19.4 Å². The molecule has 1 unspecified atom stereocenters. The molecule has 1 aliphatic rings. The summed E-state index contributed by atoms with van der Waals surface area (Å²) in [6.07, 6.45) is 1.83. The molecular formula is C6H11ClO2. The van der Waals surface area contributed by atoms with Gasteiger partial charge in [0.15, 0.2) is 0 Å². The Morgan fingerprint density at radius 3 is 2.78 bits per heavy atom. The van der Waals surface area contributed by atoms with Gasteiger partial charge >= 0.3 is 0 Å². The highest BCUT2D eigenvalue weighted by Gasteiger charge is 2.29. The molecule has 0 aliphatic carbocycles. The molecule has 1 heterocycles. The van der Waals surface area contributed by atoms with Crippen molar-refractivity contribution in [1.29, 1.82) is 0 Å². The Labute approximate surface area is 59.8 Å². The molecule has 1 aliphatic heterocycles. The first-order valence-electron chi connectivity index (χ1n) is 3.14. The third-order valence-corrected chi connectivity index (χ3v) is 1.98. The van der Waals surface area contributed by atoms with Gasteiger partial charge in [-0.15, -0.1) is 11.6 Å². The second-order valence-corrected chi connectivity index (χ2v) is 3.27. The zero-order valence-corrected chi connectivity index (χ0v) is 6.02. The maximum Gasteiger partial charge on any atom is 0.0909 e. The van der Waals surface area contributed by atoms with Crippen molar-refractivity contribution in [3.63, 3.8) is 0 Å². The van der Waals surface area contributed by atoms with Gasteiger partial charge in [-0.05, 0) is 12.8 Å². The fourth-order valence-corrected chi connectivity index (χ4v) is 1.15. The summed E-state index contributed by atoms with van der Waals surface area (Å²) in [4.78, 5) is -0.474. The Hall–Kier alpha value is 0.210. The Kier molecular flexibility index (Phi) is 2.33. The Balaban J connectivity index is 2.37. The van der Waals surface area contributed by atoms with E-state index in [9.17, 15) is 0 Å². The lowest BCUT2D eigenvalue weighted by Gasteiger charge is -2.28. The summed E-state index contributed by atoms with van der Waals surface area (Å²) in [5.74, 6) is 0. The van der Waals surface area contributed by atoms with Crippen molar-refractivity contribution >= 4 is 11.6 Å². The number of aliphatic hydroxyl groups excluding tert-OH is 1. The highest BCUT2D eigenvalue weighted by molar-refractivity contribution is 6.24. The van der Waals surface area contributed by atoms with Crippen molar-refractivity contribution in [1.82, 2.24) is 0 Å². The fraction of sp³-hybridized carbons (Fsp3) is 1.00. The van der Waals surface area contributed by atoms with Crippen molar-refractivity contribution in [3.05, 3.63) is 0 Å². The molecular weight excluding hydrogens is 140 g/mol. The van der Waals surface area contributed by atoms with Gasteiger partial charge in [-0.25, -0.2) is 0 Å². The van der Waals surface area contributed by atoms with Crippen LogP contribution in [-0.4, -0.2) is 29.8 Å². The summed E-state index contributed by atoms with van der Waals surface area (Å²) >= 11 is 5.88. The van der Waals surface area contributed by atoms with Crippen LogP contribution in [0.25, 0.3) is 0 Å². The van der Waals surface area contributed by atoms with Crippen molar-refractivity contribution in [2.45, 2.75) is 17.7 Å². The number of aliphatic hydroxyl groups is 1. The maximum absolute atomic E-state index is 8.74. The van der Waals surface area contributed by atoms with Crippen LogP contribution in [-0.2, 0) is 4.74 Å². The number of rotatable bonds is 1. The summed E-state index contributed by atoms with van der Waals surface area (Å²) in [7, 11) is 0. The minimum absolute atomic E-state index is 0.0224. The molecule has 9 heavy (non-hydrogen) atoms. The predicted octanol–water partition coefficient (Wildman–Crippen LogP) is 0.767. The monoisotopic (exact) mass is 150 g/mol. The van der Waals surface area contributed by atoms with Crippen molar-refractivity contribution in [3.8, 4) is 0 Å². The van der Waals surface area contributed by atoms with Crippen molar-refractivity contribution in [2.75, 3.05) is 19.8 Å². The lowest BCUT2D eigenvalue weighted by atomic mass is 10.0. The number of halogens is 1. The van der Waals surface area contributed by atoms with Crippen LogP contribution >= 0.6 is 11.6 Å². The normalized spacial score (nSPS) is 36.7. The molecule has 0 bridgehead atoms. The first-order chi connectivity index (χ1) is 4.27. The van der Waals surface area contributed by atoms with Crippen molar-refractivity contribution in [2.24, 2.45) is 0 Å². The van der Waals surface area contributed by atoms with E-state index >= 15 is 0 Å². The predicted molar refractivity (Wildman–Crippen MR) is 35.7 cm³/mol. The van der Waals surface area contributed by atoms with E-state index < -0.39 is 4.87 Å². The topological polar surface area (TPSA) is 29.5 Å². The van der Waals surface area contributed by atoms with Crippen LogP contribution in [0.5, 0.6) is 0 Å². The average Bonchev–Trinajstić information content (AvgIpc) is 1.90. The van der Waals surface area contributed by atoms with Crippen LogP contribution in [0, 0.1) is 0 Å². The molecule has 2 nitrogen and oxygen atoms in total. The number of hydrogen-bond acceptors (Lipinski definition) is 2. The van der Waals surface area contributed by atoms with E-state index in [1.807, 2.05) is 0 Å². The second-order valence-electron chi connectivity index (χ2n) is 2.47. The van der Waals surface area contributed by atoms with Gasteiger partial charge in [-0.3, -0.25) is 0 Å². The molecule has 1 rings (SSSR count). The van der Waals surface area contributed by atoms with Crippen LogP contribution in [0.1, 0.15) is 12.8 Å². The standard InChI is InChI=1S/C6H11ClO2/c7-6(4-8)2-1-3-9-5-6/h8H,1-5H2. The number of alkyl halides is 1. The van der Waals surface area contributed by atoms with Gasteiger partial charge in [0.05, 0.1) is 18.1 Å². The van der Waals surface area contributed by atoms with E-state index in [0.29, 0.717) is 6.61 Å². The third-order valence-electron chi connectivity index (χ3n) is 1.56. The van der Waals surface area contributed by atoms with Gasteiger partial charge in [0.25, 0.3) is 0 Å². The first-order valence-corrected chi connectivity index (χ1v) is 3.52. The average molecular weight is 151 g/mol. The van der Waals surface area contributed by atoms with E-state index in [4.69, 9.17) is 21.4 Å². The van der Waals surface area contributed by atoms with Gasteiger partial charge < -0.3 is 9.84 Å². The molecule has 1 atom stereocenters. The minimum atomic E-state index is -0.474. The molecule has 0 aromatic rings. The van der Waals surface area contributed by atoms with Gasteiger partial charge in [0.2, 0.25) is 0 Å². The van der Waals surface area contributed by atoms with Gasteiger partial charge in [0, 0.05) is 6.61 Å². The molecule has 0 amide bonds. The zero-order valence-electron chi connectivity index (χ0n) is 5.27. The molecule has 0 saturated carbocycles. The molecule has 54 valence electrons. The zero-order chi connectivity index (χ0) is 6.74. The van der Waals surface area contributed by atoms with Crippen LogP contribution in [0.4, 0.5) is 0 Å². The minimum Gasteiger partial charge on any atom is -0.394 e. The molecule has 1 saturated heterocycles. The number of hydrogen-bond donors (Lipinski definition) is 1. The Morgan fingerprint density at radius 1 is 1.67 bits per heavy atom. The summed E-state index contributed by atoms with van der Waals surface area (Å²) in [6, 6.07) is 0. The largest absolute Gasteiger partial charge is 0.394 e. The Morgan fingerprint density at radius 2 is 2.44 bits per heavy atom. The summed E-state index contributed by atoms with van der Waals surface area (Å²) in [5, 5.41) is 8.74. The van der Waals surface area contributed by atoms with Gasteiger partial charge in [-0.2, -0.15) is 0 Å². The van der Waals surface area contributed by atoms with Crippen molar-refractivity contribution < 1.29 is 9.84 Å². The lowest BCUT2D eigenvalue weighted by Crippen LogP contribution is -2.36. The molecule has 1 fully saturated rings. The van der Waals surface area contributed by atoms with Crippen LogP contribution in [0.2, 0.25) is 0 Å². The van der Waals surface area contributed by atoms with Crippen LogP contribution < -0.4 is 0 Å². The summed E-state index contributed by atoms with van der Waals surface area (Å²) in [5.41, 5.74) is 0. The fourth-order valence-electron chi connectivity index (χ4n) is 0.943. The lowest BCUT2D eigenvalue weighted by molar-refractivity contribution is 0.0442. The second kappa shape index (κ2) is 2.86. The molecule has 0 spiro atoms. The number of ether oxygens (including phenoxy) is 1. The molecule has 1 N–H and O–H groups in total. The van der Waals surface area contributed by atoms with E-state index in [2.05, 4.69) is 0 Å². The molecule has 0 radical (unpaired) electrons. The van der Waals surface area contributed by atoms with Crippen LogP contribution in [0.15, 0.2) is 0 Å². The maximum atomic E-state index is 8.74. The Bertz CT molecular complexity index is 89.1. The molecule has 0 aromatic carbocycles. The SMILES string of the molecule is OCC1(Cl)CCCOC1. The van der Waals surface area contributed by atoms with E-state index in [-0.39, 0.29) is 6.61 Å². The van der Waals surface area contributed by atoms with E-state index in [1.54, 1.807) is 0 Å². The molecule has 0 aromatic heterocycles. The van der Waals surface area contributed by atoms with E-state index in [1.165, 1.54) is 0 Å². The highest BCUT2D eigenvalue weighted by atomic mass is 35.5. The summed E-state index contributed by atoms with van der Waals surface area (Å²) < 4.78 is 5.08. The smallest absolute Gasteiger partial charge is 0.0909 e.